The summed E-state index contributed by atoms with van der Waals surface area (Å²) in [5.41, 5.74) is 1.02. The van der Waals surface area contributed by atoms with Crippen molar-refractivity contribution in [3.63, 3.8) is 0 Å². The standard InChI is InChI=1S/C12H17BrFNOS/c1-9(17(2)16)5-6-15-8-10-3-4-11(14)7-12(10)13/h3-4,7,9,15H,5-6,8H2,1-2H3. The van der Waals surface area contributed by atoms with Crippen LogP contribution in [0.2, 0.25) is 0 Å². The average molecular weight is 322 g/mol. The molecule has 1 N–H and O–H groups in total. The Kier molecular flexibility index (Phi) is 6.30. The lowest BCUT2D eigenvalue weighted by Crippen LogP contribution is -2.21. The number of hydrogen-bond donors (Lipinski definition) is 1. The molecule has 2 nitrogen and oxygen atoms in total. The zero-order valence-electron chi connectivity index (χ0n) is 10.0. The van der Waals surface area contributed by atoms with Crippen LogP contribution in [0.25, 0.3) is 0 Å². The van der Waals surface area contributed by atoms with Gasteiger partial charge in [-0.05, 0) is 30.7 Å². The maximum absolute atomic E-state index is 12.8. The van der Waals surface area contributed by atoms with E-state index < -0.39 is 10.8 Å². The van der Waals surface area contributed by atoms with Crippen molar-refractivity contribution in [3.8, 4) is 0 Å². The molecule has 1 rings (SSSR count). The molecule has 1 aromatic rings. The van der Waals surface area contributed by atoms with Crippen LogP contribution in [0.5, 0.6) is 0 Å². The minimum absolute atomic E-state index is 0.208. The SMILES string of the molecule is CC(CCNCc1ccc(F)cc1Br)S(C)=O. The molecular weight excluding hydrogens is 305 g/mol. The molecule has 0 aliphatic heterocycles. The van der Waals surface area contributed by atoms with E-state index in [-0.39, 0.29) is 11.1 Å². The third-order valence-corrected chi connectivity index (χ3v) is 4.73. The van der Waals surface area contributed by atoms with E-state index in [2.05, 4.69) is 21.2 Å². The van der Waals surface area contributed by atoms with Crippen molar-refractivity contribution >= 4 is 26.7 Å². The first-order valence-electron chi connectivity index (χ1n) is 5.47. The molecule has 0 spiro atoms. The molecule has 0 radical (unpaired) electrons. The van der Waals surface area contributed by atoms with E-state index in [0.29, 0.717) is 6.54 Å². The predicted molar refractivity (Wildman–Crippen MR) is 74.0 cm³/mol. The van der Waals surface area contributed by atoms with Crippen molar-refractivity contribution < 1.29 is 8.60 Å². The third kappa shape index (κ3) is 5.27. The topological polar surface area (TPSA) is 29.1 Å². The van der Waals surface area contributed by atoms with Gasteiger partial charge in [-0.3, -0.25) is 4.21 Å². The Morgan fingerprint density at radius 1 is 1.53 bits per heavy atom. The van der Waals surface area contributed by atoms with E-state index in [1.165, 1.54) is 12.1 Å². The van der Waals surface area contributed by atoms with Gasteiger partial charge >= 0.3 is 0 Å². The lowest BCUT2D eigenvalue weighted by molar-refractivity contribution is 0.617. The van der Waals surface area contributed by atoms with Crippen molar-refractivity contribution in [2.75, 3.05) is 12.8 Å². The molecule has 96 valence electrons. The fourth-order valence-corrected chi connectivity index (χ4v) is 2.30. The van der Waals surface area contributed by atoms with Gasteiger partial charge in [-0.2, -0.15) is 0 Å². The molecule has 0 saturated heterocycles. The van der Waals surface area contributed by atoms with Crippen molar-refractivity contribution in [2.45, 2.75) is 25.1 Å². The predicted octanol–water partition coefficient (Wildman–Crippen LogP) is 2.83. The van der Waals surface area contributed by atoms with E-state index in [0.717, 1.165) is 23.0 Å². The van der Waals surface area contributed by atoms with Crippen molar-refractivity contribution in [1.29, 1.82) is 0 Å². The van der Waals surface area contributed by atoms with Crippen molar-refractivity contribution in [3.05, 3.63) is 34.1 Å². The second kappa shape index (κ2) is 7.24. The van der Waals surface area contributed by atoms with Crippen LogP contribution in [0.15, 0.2) is 22.7 Å². The highest BCUT2D eigenvalue weighted by molar-refractivity contribution is 9.10. The molecule has 0 aromatic heterocycles. The summed E-state index contributed by atoms with van der Waals surface area (Å²) in [6, 6.07) is 4.67. The van der Waals surface area contributed by atoms with E-state index in [1.807, 2.05) is 6.92 Å². The fourth-order valence-electron chi connectivity index (χ4n) is 1.36. The minimum atomic E-state index is -0.765. The van der Waals surface area contributed by atoms with Crippen LogP contribution in [0.3, 0.4) is 0 Å². The van der Waals surface area contributed by atoms with Gasteiger partial charge in [0.2, 0.25) is 0 Å². The highest BCUT2D eigenvalue weighted by Gasteiger charge is 2.05. The summed E-state index contributed by atoms with van der Waals surface area (Å²) in [6.07, 6.45) is 2.60. The Hall–Kier alpha value is -0.260. The van der Waals surface area contributed by atoms with Gasteiger partial charge in [-0.25, -0.2) is 4.39 Å². The Bertz CT molecular complexity index is 400. The largest absolute Gasteiger partial charge is 0.313 e. The zero-order chi connectivity index (χ0) is 12.8. The van der Waals surface area contributed by atoms with E-state index in [4.69, 9.17) is 0 Å². The molecule has 5 heteroatoms. The van der Waals surface area contributed by atoms with E-state index in [9.17, 15) is 8.60 Å². The summed E-state index contributed by atoms with van der Waals surface area (Å²) in [5, 5.41) is 3.47. The summed E-state index contributed by atoms with van der Waals surface area (Å²) >= 11 is 3.32. The van der Waals surface area contributed by atoms with Crippen LogP contribution in [-0.4, -0.2) is 22.3 Å². The second-order valence-electron chi connectivity index (χ2n) is 4.01. The van der Waals surface area contributed by atoms with Crippen LogP contribution in [0, 0.1) is 5.82 Å². The normalized spacial score (nSPS) is 14.6. The monoisotopic (exact) mass is 321 g/mol. The molecule has 0 aliphatic carbocycles. The van der Waals surface area contributed by atoms with E-state index in [1.54, 1.807) is 12.3 Å². The quantitative estimate of drug-likeness (QED) is 0.816. The first kappa shape index (κ1) is 14.8. The molecule has 0 fully saturated rings. The first-order valence-corrected chi connectivity index (χ1v) is 7.89. The average Bonchev–Trinajstić information content (AvgIpc) is 2.26. The molecule has 2 atom stereocenters. The number of benzene rings is 1. The number of nitrogens with one attached hydrogen (secondary N) is 1. The molecule has 2 unspecified atom stereocenters. The lowest BCUT2D eigenvalue weighted by atomic mass is 10.2. The summed E-state index contributed by atoms with van der Waals surface area (Å²) < 4.78 is 24.8. The van der Waals surface area contributed by atoms with E-state index >= 15 is 0 Å². The van der Waals surface area contributed by atoms with Crippen LogP contribution in [0.4, 0.5) is 4.39 Å². The molecule has 0 heterocycles. The van der Waals surface area contributed by atoms with Gasteiger partial charge in [0.1, 0.15) is 5.82 Å². The van der Waals surface area contributed by atoms with Crippen LogP contribution in [0.1, 0.15) is 18.9 Å². The molecule has 1 aromatic carbocycles. The summed E-state index contributed by atoms with van der Waals surface area (Å²) in [4.78, 5) is 0. The van der Waals surface area contributed by atoms with Gasteiger partial charge in [-0.1, -0.05) is 28.9 Å². The highest BCUT2D eigenvalue weighted by atomic mass is 79.9. The molecule has 0 saturated carbocycles. The van der Waals surface area contributed by atoms with Crippen molar-refractivity contribution in [1.82, 2.24) is 5.32 Å². The van der Waals surface area contributed by atoms with Gasteiger partial charge < -0.3 is 5.32 Å². The van der Waals surface area contributed by atoms with Gasteiger partial charge in [0.25, 0.3) is 0 Å². The Labute approximate surface area is 113 Å². The van der Waals surface area contributed by atoms with Gasteiger partial charge in [0.05, 0.1) is 0 Å². The molecular formula is C12H17BrFNOS. The van der Waals surface area contributed by atoms with Crippen LogP contribution in [-0.2, 0) is 17.3 Å². The number of halogens is 2. The maximum Gasteiger partial charge on any atom is 0.124 e. The Balaban J connectivity index is 2.34. The molecule has 0 aliphatic rings. The first-order chi connectivity index (χ1) is 8.00. The fraction of sp³-hybridized carbons (Fsp3) is 0.500. The number of hydrogen-bond acceptors (Lipinski definition) is 2. The summed E-state index contributed by atoms with van der Waals surface area (Å²) in [5.74, 6) is -0.240. The summed E-state index contributed by atoms with van der Waals surface area (Å²) in [7, 11) is -0.765. The minimum Gasteiger partial charge on any atom is -0.313 e. The van der Waals surface area contributed by atoms with Gasteiger partial charge in [0.15, 0.2) is 0 Å². The number of rotatable bonds is 6. The van der Waals surface area contributed by atoms with Crippen LogP contribution < -0.4 is 5.32 Å². The maximum atomic E-state index is 12.8. The summed E-state index contributed by atoms with van der Waals surface area (Å²) in [6.45, 7) is 3.47. The van der Waals surface area contributed by atoms with Crippen LogP contribution >= 0.6 is 15.9 Å². The highest BCUT2D eigenvalue weighted by Crippen LogP contribution is 2.17. The lowest BCUT2D eigenvalue weighted by Gasteiger charge is -2.10. The second-order valence-corrected chi connectivity index (χ2v) is 6.67. The molecule has 0 bridgehead atoms. The van der Waals surface area contributed by atoms with Gasteiger partial charge in [-0.15, -0.1) is 0 Å². The zero-order valence-corrected chi connectivity index (χ0v) is 12.4. The van der Waals surface area contributed by atoms with Gasteiger partial charge in [0, 0.05) is 33.3 Å². The Morgan fingerprint density at radius 3 is 2.82 bits per heavy atom. The van der Waals surface area contributed by atoms with Crippen molar-refractivity contribution in [2.24, 2.45) is 0 Å². The smallest absolute Gasteiger partial charge is 0.124 e. The Morgan fingerprint density at radius 2 is 2.24 bits per heavy atom. The molecule has 17 heavy (non-hydrogen) atoms. The third-order valence-electron chi connectivity index (χ3n) is 2.62. The molecule has 0 amide bonds.